The van der Waals surface area contributed by atoms with Crippen LogP contribution in [0.3, 0.4) is 0 Å². The second-order valence-corrected chi connectivity index (χ2v) is 21.4. The molecule has 6 aromatic carbocycles. The van der Waals surface area contributed by atoms with E-state index in [1.54, 1.807) is 0 Å². The highest BCUT2D eigenvalue weighted by molar-refractivity contribution is 7.14. The maximum Gasteiger partial charge on any atom is 0.161 e. The van der Waals surface area contributed by atoms with E-state index >= 15 is 0 Å². The summed E-state index contributed by atoms with van der Waals surface area (Å²) in [6, 6.07) is 50.3. The molecule has 1 atom stereocenters. The summed E-state index contributed by atoms with van der Waals surface area (Å²) in [5.41, 5.74) is 20.5. The van der Waals surface area contributed by atoms with Crippen molar-refractivity contribution >= 4 is 23.6 Å². The fourth-order valence-electron chi connectivity index (χ4n) is 9.96. The lowest BCUT2D eigenvalue weighted by molar-refractivity contribution is 0.870. The molecule has 1 unspecified atom stereocenters. The van der Waals surface area contributed by atoms with Gasteiger partial charge in [-0.1, -0.05) is 185 Å². The first-order valence-corrected chi connectivity index (χ1v) is 22.1. The van der Waals surface area contributed by atoms with Crippen LogP contribution < -0.4 is 15.6 Å². The molecule has 0 aromatic heterocycles. The quantitative estimate of drug-likeness (QED) is 0.0971. The van der Waals surface area contributed by atoms with E-state index < -0.39 is 8.07 Å². The Kier molecular flexibility index (Phi) is 10.6. The van der Waals surface area contributed by atoms with E-state index in [-0.39, 0.29) is 5.04 Å². The van der Waals surface area contributed by atoms with Crippen LogP contribution in [0.2, 0.25) is 5.04 Å². The molecule has 1 heteroatoms. The highest BCUT2D eigenvalue weighted by Crippen LogP contribution is 2.52. The highest BCUT2D eigenvalue weighted by atomic mass is 28.3. The largest absolute Gasteiger partial charge is 0.161 e. The molecule has 0 amide bonds. The number of allylic oxidation sites excluding steroid dienone is 4. The van der Waals surface area contributed by atoms with E-state index in [9.17, 15) is 0 Å². The van der Waals surface area contributed by atoms with Gasteiger partial charge >= 0.3 is 0 Å². The summed E-state index contributed by atoms with van der Waals surface area (Å²) in [5, 5.41) is 4.21. The molecule has 0 bridgehead atoms. The Bertz CT molecular complexity index is 2120. The van der Waals surface area contributed by atoms with Gasteiger partial charge in [-0.2, -0.15) is 0 Å². The Morgan fingerprint density at radius 3 is 0.873 bits per heavy atom. The van der Waals surface area contributed by atoms with Crippen LogP contribution in [-0.4, -0.2) is 8.07 Å². The molecular formula is C54H58Si. The SMILES string of the molecule is CC1=CC(C)([Si](c2ccc(Cc3cc(C)cc(C)c3)cc2)(c2ccc(Cc3cc(C)cc(C)c3)cc2)c2ccc(Cc3cc(C)cc(C)c3)cc2)C(C)=C1C. The van der Waals surface area contributed by atoms with Crippen molar-refractivity contribution in [2.24, 2.45) is 0 Å². The lowest BCUT2D eigenvalue weighted by Gasteiger charge is -2.47. The van der Waals surface area contributed by atoms with Gasteiger partial charge in [0.1, 0.15) is 0 Å². The molecule has 7 rings (SSSR count). The Balaban J connectivity index is 1.39. The average molecular weight is 735 g/mol. The molecule has 0 spiro atoms. The molecular weight excluding hydrogens is 677 g/mol. The van der Waals surface area contributed by atoms with Crippen molar-refractivity contribution in [2.45, 2.75) is 93.5 Å². The molecule has 1 aliphatic rings. The number of benzene rings is 6. The van der Waals surface area contributed by atoms with Gasteiger partial charge in [0.05, 0.1) is 0 Å². The third kappa shape index (κ3) is 7.65. The number of hydrogen-bond acceptors (Lipinski definition) is 0. The van der Waals surface area contributed by atoms with E-state index in [0.717, 1.165) is 19.3 Å². The lowest BCUT2D eigenvalue weighted by Crippen LogP contribution is -2.73. The highest BCUT2D eigenvalue weighted by Gasteiger charge is 2.56. The second-order valence-electron chi connectivity index (χ2n) is 17.1. The van der Waals surface area contributed by atoms with E-state index in [1.807, 2.05) is 0 Å². The van der Waals surface area contributed by atoms with E-state index in [4.69, 9.17) is 0 Å². The van der Waals surface area contributed by atoms with Crippen LogP contribution in [0.15, 0.2) is 150 Å². The standard InChI is InChI=1S/C54H58Si/c1-36-23-37(2)27-48(26-36)32-45-11-17-51(18-12-45)55(54(10)35-42(7)43(8)44(54)9,52-19-13-46(14-20-52)33-49-28-38(3)24-39(4)29-49)53-21-15-47(16-22-53)34-50-30-40(5)25-41(6)31-50/h11-31,35H,32-34H2,1-10H3. The molecule has 0 fully saturated rings. The van der Waals surface area contributed by atoms with Crippen molar-refractivity contribution in [3.05, 3.63) is 217 Å². The summed E-state index contributed by atoms with van der Waals surface area (Å²) < 4.78 is 0. The Hall–Kier alpha value is -4.98. The number of hydrogen-bond donors (Lipinski definition) is 0. The van der Waals surface area contributed by atoms with Crippen molar-refractivity contribution in [3.63, 3.8) is 0 Å². The molecule has 0 saturated heterocycles. The van der Waals surface area contributed by atoms with Crippen molar-refractivity contribution in [1.29, 1.82) is 0 Å². The maximum absolute atomic E-state index is 2.79. The molecule has 55 heavy (non-hydrogen) atoms. The summed E-state index contributed by atoms with van der Waals surface area (Å²) in [6.45, 7) is 22.8. The minimum Gasteiger partial charge on any atom is -0.0730 e. The first kappa shape index (κ1) is 38.3. The van der Waals surface area contributed by atoms with Crippen molar-refractivity contribution in [1.82, 2.24) is 0 Å². The first-order chi connectivity index (χ1) is 26.2. The van der Waals surface area contributed by atoms with Crippen LogP contribution >= 0.6 is 0 Å². The molecule has 0 heterocycles. The van der Waals surface area contributed by atoms with Crippen LogP contribution in [0, 0.1) is 41.5 Å². The Morgan fingerprint density at radius 1 is 0.364 bits per heavy atom. The van der Waals surface area contributed by atoms with Crippen LogP contribution in [0.1, 0.15) is 94.5 Å². The predicted molar refractivity (Wildman–Crippen MR) is 241 cm³/mol. The first-order valence-electron chi connectivity index (χ1n) is 20.1. The fourth-order valence-corrected chi connectivity index (χ4v) is 15.9. The lowest BCUT2D eigenvalue weighted by atomic mass is 10.0. The monoisotopic (exact) mass is 734 g/mol. The van der Waals surface area contributed by atoms with E-state index in [1.165, 1.54) is 99.0 Å². The molecule has 0 nitrogen and oxygen atoms in total. The zero-order chi connectivity index (χ0) is 39.1. The maximum atomic E-state index is 2.63. The van der Waals surface area contributed by atoms with Crippen molar-refractivity contribution in [2.75, 3.05) is 0 Å². The van der Waals surface area contributed by atoms with E-state index in [2.05, 4.69) is 203 Å². The summed E-state index contributed by atoms with van der Waals surface area (Å²) in [6.07, 6.45) is 5.43. The fraction of sp³-hybridized carbons (Fsp3) is 0.259. The molecule has 0 saturated carbocycles. The minimum absolute atomic E-state index is 0.166. The summed E-state index contributed by atoms with van der Waals surface area (Å²) in [4.78, 5) is 0. The third-order valence-electron chi connectivity index (χ3n) is 12.4. The van der Waals surface area contributed by atoms with Crippen molar-refractivity contribution in [3.8, 4) is 0 Å². The molecule has 0 aliphatic heterocycles. The Labute approximate surface area is 332 Å². The van der Waals surface area contributed by atoms with Gasteiger partial charge in [-0.15, -0.1) is 0 Å². The normalized spacial score (nSPS) is 15.8. The summed E-state index contributed by atoms with van der Waals surface area (Å²) in [7, 11) is -2.79. The van der Waals surface area contributed by atoms with Gasteiger partial charge in [0.2, 0.25) is 0 Å². The molecule has 0 radical (unpaired) electrons. The van der Waals surface area contributed by atoms with Gasteiger partial charge in [-0.25, -0.2) is 0 Å². The zero-order valence-electron chi connectivity index (χ0n) is 34.8. The van der Waals surface area contributed by atoms with Gasteiger partial charge in [-0.05, 0) is 136 Å². The minimum atomic E-state index is -2.79. The summed E-state index contributed by atoms with van der Waals surface area (Å²) in [5.74, 6) is 0. The van der Waals surface area contributed by atoms with Gasteiger partial charge in [-0.3, -0.25) is 0 Å². The molecule has 278 valence electrons. The van der Waals surface area contributed by atoms with E-state index in [0.29, 0.717) is 0 Å². The van der Waals surface area contributed by atoms with Gasteiger partial charge in [0.15, 0.2) is 8.07 Å². The van der Waals surface area contributed by atoms with Crippen LogP contribution in [0.25, 0.3) is 0 Å². The average Bonchev–Trinajstić information content (AvgIpc) is 3.31. The van der Waals surface area contributed by atoms with Gasteiger partial charge < -0.3 is 0 Å². The van der Waals surface area contributed by atoms with Crippen LogP contribution in [0.5, 0.6) is 0 Å². The Morgan fingerprint density at radius 2 is 0.636 bits per heavy atom. The third-order valence-corrected chi connectivity index (χ3v) is 18.1. The molecule has 0 N–H and O–H groups in total. The molecule has 6 aromatic rings. The smallest absolute Gasteiger partial charge is 0.0730 e. The summed E-state index contributed by atoms with van der Waals surface area (Å²) >= 11 is 0. The van der Waals surface area contributed by atoms with Gasteiger partial charge in [0.25, 0.3) is 0 Å². The predicted octanol–water partition coefficient (Wildman–Crippen LogP) is 11.8. The second kappa shape index (κ2) is 15.3. The zero-order valence-corrected chi connectivity index (χ0v) is 35.8. The van der Waals surface area contributed by atoms with Crippen LogP contribution in [-0.2, 0) is 19.3 Å². The number of aryl methyl sites for hydroxylation is 6. The van der Waals surface area contributed by atoms with Gasteiger partial charge in [0, 0.05) is 5.04 Å². The topological polar surface area (TPSA) is 0 Å². The number of rotatable bonds is 10. The molecule has 1 aliphatic carbocycles. The van der Waals surface area contributed by atoms with Crippen molar-refractivity contribution < 1.29 is 0 Å². The van der Waals surface area contributed by atoms with Crippen LogP contribution in [0.4, 0.5) is 0 Å².